The topological polar surface area (TPSA) is 92.1 Å². The van der Waals surface area contributed by atoms with E-state index in [0.717, 1.165) is 12.1 Å². The summed E-state index contributed by atoms with van der Waals surface area (Å²) in [5.74, 6) is -1.44. The van der Waals surface area contributed by atoms with Gasteiger partial charge in [-0.3, -0.25) is 0 Å². The number of rotatable bonds is 1. The molecule has 2 aromatic rings. The summed E-state index contributed by atoms with van der Waals surface area (Å²) in [6.07, 6.45) is 0. The van der Waals surface area contributed by atoms with E-state index in [9.17, 15) is 21.2 Å². The predicted octanol–water partition coefficient (Wildman–Crippen LogP) is 2.43. The Bertz CT molecular complexity index is 1080. The summed E-state index contributed by atoms with van der Waals surface area (Å²) in [6, 6.07) is 8.28. The predicted molar refractivity (Wildman–Crippen MR) is 77.8 cm³/mol. The molecule has 0 radical (unpaired) electrons. The van der Waals surface area contributed by atoms with Gasteiger partial charge in [0.05, 0.1) is 31.6 Å². The van der Waals surface area contributed by atoms with Crippen LogP contribution in [-0.4, -0.2) is 16.8 Å². The second-order valence-corrected chi connectivity index (χ2v) is 8.93. The first-order valence-corrected chi connectivity index (χ1v) is 9.49. The minimum absolute atomic E-state index is 0.356. The van der Waals surface area contributed by atoms with Crippen LogP contribution in [0.15, 0.2) is 56.0 Å². The van der Waals surface area contributed by atoms with Crippen LogP contribution in [0.4, 0.5) is 4.39 Å². The Labute approximate surface area is 132 Å². The number of benzene rings is 2. The van der Waals surface area contributed by atoms with Crippen molar-refractivity contribution >= 4 is 19.7 Å². The van der Waals surface area contributed by atoms with Crippen molar-refractivity contribution in [3.05, 3.63) is 47.8 Å². The van der Waals surface area contributed by atoms with Crippen LogP contribution in [0, 0.1) is 17.1 Å². The molecule has 1 heterocycles. The Hall–Kier alpha value is -2.24. The number of hydrogen-bond acceptors (Lipinski definition) is 5. The van der Waals surface area contributed by atoms with Crippen LogP contribution in [0.3, 0.4) is 0 Å². The first-order valence-electron chi connectivity index (χ1n) is 6.53. The van der Waals surface area contributed by atoms with Crippen LogP contribution in [0.1, 0.15) is 18.4 Å². The third-order valence-electron chi connectivity index (χ3n) is 3.73. The van der Waals surface area contributed by atoms with Gasteiger partial charge in [0.1, 0.15) is 5.82 Å². The highest BCUT2D eigenvalue weighted by molar-refractivity contribution is 7.97. The first-order chi connectivity index (χ1) is 10.7. The van der Waals surface area contributed by atoms with Crippen molar-refractivity contribution in [3.8, 4) is 6.07 Å². The van der Waals surface area contributed by atoms with E-state index in [1.165, 1.54) is 18.2 Å². The maximum Gasteiger partial charge on any atom is 0.209 e. The SMILES string of the molecule is CC(C#N)c1ccc2c(c1)S(=O)(=O)c1cc(F)ccc1S2(=O)=O. The Morgan fingerprint density at radius 2 is 1.43 bits per heavy atom. The molecule has 0 saturated carbocycles. The Morgan fingerprint density at radius 3 is 2.04 bits per heavy atom. The lowest BCUT2D eigenvalue weighted by Crippen LogP contribution is -2.20. The van der Waals surface area contributed by atoms with Gasteiger partial charge in [0, 0.05) is 0 Å². The van der Waals surface area contributed by atoms with Gasteiger partial charge in [0.15, 0.2) is 0 Å². The zero-order valence-corrected chi connectivity index (χ0v) is 13.4. The molecule has 0 saturated heterocycles. The monoisotopic (exact) mass is 351 g/mol. The lowest BCUT2D eigenvalue weighted by atomic mass is 10.0. The van der Waals surface area contributed by atoms with E-state index < -0.39 is 46.1 Å². The van der Waals surface area contributed by atoms with Gasteiger partial charge in [-0.1, -0.05) is 6.07 Å². The van der Waals surface area contributed by atoms with E-state index in [1.807, 2.05) is 6.07 Å². The number of hydrogen-bond donors (Lipinski definition) is 0. The Kier molecular flexibility index (Phi) is 3.32. The molecule has 3 rings (SSSR count). The standard InChI is InChI=1S/C15H10FNO4S2/c1-9(8-17)10-2-4-12-14(6-10)23(20,21)15-7-11(16)3-5-13(15)22(12,18)19/h2-7,9H,1H3. The van der Waals surface area contributed by atoms with E-state index in [1.54, 1.807) is 6.92 Å². The van der Waals surface area contributed by atoms with Crippen molar-refractivity contribution in [2.24, 2.45) is 0 Å². The molecule has 1 atom stereocenters. The summed E-state index contributed by atoms with van der Waals surface area (Å²) in [6.45, 7) is 1.57. The summed E-state index contributed by atoms with van der Waals surface area (Å²) in [5, 5.41) is 8.95. The van der Waals surface area contributed by atoms with Crippen LogP contribution < -0.4 is 0 Å². The molecule has 1 aliphatic heterocycles. The average Bonchev–Trinajstić information content (AvgIpc) is 2.52. The summed E-state index contributed by atoms with van der Waals surface area (Å²) in [7, 11) is -8.25. The number of sulfone groups is 2. The quantitative estimate of drug-likeness (QED) is 0.628. The van der Waals surface area contributed by atoms with Crippen LogP contribution in [0.5, 0.6) is 0 Å². The van der Waals surface area contributed by atoms with Crippen molar-refractivity contribution in [3.63, 3.8) is 0 Å². The third kappa shape index (κ3) is 2.16. The van der Waals surface area contributed by atoms with Crippen molar-refractivity contribution in [1.82, 2.24) is 0 Å². The van der Waals surface area contributed by atoms with Crippen LogP contribution in [0.2, 0.25) is 0 Å². The Balaban J connectivity index is 2.43. The molecule has 0 bridgehead atoms. The lowest BCUT2D eigenvalue weighted by Gasteiger charge is -2.21. The molecule has 1 aliphatic rings. The van der Waals surface area contributed by atoms with Crippen molar-refractivity contribution in [1.29, 1.82) is 5.26 Å². The fraction of sp³-hybridized carbons (Fsp3) is 0.133. The van der Waals surface area contributed by atoms with Crippen LogP contribution in [-0.2, 0) is 19.7 Å². The molecule has 23 heavy (non-hydrogen) atoms. The zero-order valence-electron chi connectivity index (χ0n) is 11.8. The molecular weight excluding hydrogens is 341 g/mol. The number of nitriles is 1. The molecule has 0 N–H and O–H groups in total. The van der Waals surface area contributed by atoms with E-state index >= 15 is 0 Å². The highest BCUT2D eigenvalue weighted by Gasteiger charge is 2.39. The highest BCUT2D eigenvalue weighted by Crippen LogP contribution is 2.41. The molecule has 5 nitrogen and oxygen atoms in total. The van der Waals surface area contributed by atoms with Gasteiger partial charge in [-0.15, -0.1) is 0 Å². The Morgan fingerprint density at radius 1 is 0.913 bits per heavy atom. The smallest absolute Gasteiger partial charge is 0.209 e. The molecule has 8 heteroatoms. The van der Waals surface area contributed by atoms with Gasteiger partial charge < -0.3 is 0 Å². The fourth-order valence-corrected chi connectivity index (χ4v) is 6.61. The molecule has 2 aromatic carbocycles. The minimum atomic E-state index is -4.19. The normalized spacial score (nSPS) is 18.3. The van der Waals surface area contributed by atoms with Crippen LogP contribution >= 0.6 is 0 Å². The number of fused-ring (bicyclic) bond motifs is 2. The molecule has 0 fully saturated rings. The summed E-state index contributed by atoms with van der Waals surface area (Å²) in [4.78, 5) is -1.79. The molecule has 0 spiro atoms. The number of nitrogens with zero attached hydrogens (tertiary/aromatic N) is 1. The maximum atomic E-state index is 13.4. The summed E-state index contributed by atoms with van der Waals surface area (Å²) in [5.41, 5.74) is 0.380. The largest absolute Gasteiger partial charge is 0.218 e. The highest BCUT2D eigenvalue weighted by atomic mass is 32.2. The van der Waals surface area contributed by atoms with Crippen molar-refractivity contribution < 1.29 is 21.2 Å². The maximum absolute atomic E-state index is 13.4. The zero-order chi connectivity index (χ0) is 17.0. The van der Waals surface area contributed by atoms with Gasteiger partial charge in [-0.2, -0.15) is 5.26 Å². The molecule has 1 unspecified atom stereocenters. The van der Waals surface area contributed by atoms with Gasteiger partial charge in [-0.25, -0.2) is 21.2 Å². The van der Waals surface area contributed by atoms with Gasteiger partial charge >= 0.3 is 0 Å². The lowest BCUT2D eigenvalue weighted by molar-refractivity contribution is 0.564. The fourth-order valence-electron chi connectivity index (χ4n) is 2.45. The number of halogens is 1. The van der Waals surface area contributed by atoms with Crippen molar-refractivity contribution in [2.45, 2.75) is 32.4 Å². The molecule has 0 aromatic heterocycles. The van der Waals surface area contributed by atoms with E-state index in [0.29, 0.717) is 11.6 Å². The second-order valence-electron chi connectivity index (χ2n) is 5.15. The van der Waals surface area contributed by atoms with Gasteiger partial charge in [-0.05, 0) is 42.8 Å². The second kappa shape index (κ2) is 4.88. The van der Waals surface area contributed by atoms with Gasteiger partial charge in [0.2, 0.25) is 19.7 Å². The van der Waals surface area contributed by atoms with Crippen molar-refractivity contribution in [2.75, 3.05) is 0 Å². The van der Waals surface area contributed by atoms with E-state index in [2.05, 4.69) is 0 Å². The minimum Gasteiger partial charge on any atom is -0.218 e. The molecule has 0 aliphatic carbocycles. The summed E-state index contributed by atoms with van der Waals surface area (Å²) >= 11 is 0. The molecular formula is C15H10FNO4S2. The molecule has 0 amide bonds. The third-order valence-corrected chi connectivity index (χ3v) is 7.69. The van der Waals surface area contributed by atoms with E-state index in [-0.39, 0.29) is 4.90 Å². The van der Waals surface area contributed by atoms with E-state index in [4.69, 9.17) is 5.26 Å². The average molecular weight is 351 g/mol. The molecule has 118 valence electrons. The van der Waals surface area contributed by atoms with Gasteiger partial charge in [0.25, 0.3) is 0 Å². The van der Waals surface area contributed by atoms with Crippen LogP contribution in [0.25, 0.3) is 0 Å². The first kappa shape index (κ1) is 15.6. The summed E-state index contributed by atoms with van der Waals surface area (Å²) < 4.78 is 64.0.